The van der Waals surface area contributed by atoms with Crippen molar-refractivity contribution in [2.45, 2.75) is 0 Å². The predicted molar refractivity (Wildman–Crippen MR) is 103 cm³/mol. The minimum Gasteiger partial charge on any atom is -0.288 e. The second-order valence-electron chi connectivity index (χ2n) is 6.25. The van der Waals surface area contributed by atoms with E-state index in [9.17, 15) is 4.79 Å². The summed E-state index contributed by atoms with van der Waals surface area (Å²) in [5.41, 5.74) is 6.72. The lowest BCUT2D eigenvalue weighted by molar-refractivity contribution is -0.110. The Kier molecular flexibility index (Phi) is 3.25. The van der Waals surface area contributed by atoms with Crippen molar-refractivity contribution < 1.29 is 4.79 Å². The summed E-state index contributed by atoms with van der Waals surface area (Å²) in [7, 11) is 0. The van der Waals surface area contributed by atoms with Crippen LogP contribution in [0, 0.1) is 0 Å². The minimum atomic E-state index is -0.00180. The van der Waals surface area contributed by atoms with Gasteiger partial charge in [0.1, 0.15) is 0 Å². The monoisotopic (exact) mass is 334 g/mol. The first kappa shape index (κ1) is 14.7. The fourth-order valence-electron chi connectivity index (χ4n) is 3.55. The molecule has 0 atom stereocenters. The standard InChI is InChI=1S/C23H14N2O/c26-23-18-13-15-7-1-2-8-16(15)17(18)14-19(20-9-3-5-11-24-20)22(23)21-10-4-6-12-25-21/h1-14H. The maximum Gasteiger partial charge on any atom is 0.196 e. The highest BCUT2D eigenvalue weighted by molar-refractivity contribution is 6.44. The van der Waals surface area contributed by atoms with Gasteiger partial charge in [0.2, 0.25) is 0 Å². The highest BCUT2D eigenvalue weighted by Gasteiger charge is 2.33. The molecule has 2 aliphatic carbocycles. The zero-order valence-corrected chi connectivity index (χ0v) is 13.9. The van der Waals surface area contributed by atoms with Crippen molar-refractivity contribution in [3.05, 3.63) is 107 Å². The molecular formula is C23H14N2O. The number of ketones is 1. The zero-order chi connectivity index (χ0) is 17.5. The number of pyridine rings is 2. The van der Waals surface area contributed by atoms with Crippen molar-refractivity contribution in [2.24, 2.45) is 0 Å². The lowest BCUT2D eigenvalue weighted by atomic mass is 9.84. The molecule has 2 heterocycles. The fraction of sp³-hybridized carbons (Fsp3) is 0. The number of nitrogens with zero attached hydrogens (tertiary/aromatic N) is 2. The van der Waals surface area contributed by atoms with Crippen LogP contribution in [0.4, 0.5) is 0 Å². The lowest BCUT2D eigenvalue weighted by Crippen LogP contribution is -2.13. The molecule has 122 valence electrons. The molecule has 0 amide bonds. The normalized spacial score (nSPS) is 15.3. The molecule has 1 aromatic carbocycles. The Morgan fingerprint density at radius 2 is 1.35 bits per heavy atom. The van der Waals surface area contributed by atoms with Crippen LogP contribution in [-0.4, -0.2) is 15.8 Å². The Bertz CT molecular complexity index is 1120. The quantitative estimate of drug-likeness (QED) is 0.695. The van der Waals surface area contributed by atoms with Crippen molar-refractivity contribution in [3.63, 3.8) is 0 Å². The molecule has 0 bridgehead atoms. The molecule has 26 heavy (non-hydrogen) atoms. The number of carbonyl (C=O) groups is 1. The second-order valence-corrected chi connectivity index (χ2v) is 6.25. The molecule has 0 unspecified atom stereocenters. The maximum atomic E-state index is 13.4. The number of carbonyl (C=O) groups excluding carboxylic acids is 1. The van der Waals surface area contributed by atoms with Gasteiger partial charge >= 0.3 is 0 Å². The lowest BCUT2D eigenvalue weighted by Gasteiger charge is -2.19. The molecule has 3 heteroatoms. The third-order valence-electron chi connectivity index (χ3n) is 4.73. The number of aromatic nitrogens is 2. The van der Waals surface area contributed by atoms with Gasteiger partial charge in [0.15, 0.2) is 5.78 Å². The third-order valence-corrected chi connectivity index (χ3v) is 4.73. The number of fused-ring (bicyclic) bond motifs is 3. The minimum absolute atomic E-state index is 0.00180. The van der Waals surface area contributed by atoms with Crippen LogP contribution in [0.25, 0.3) is 22.8 Å². The Morgan fingerprint density at radius 3 is 2.08 bits per heavy atom. The van der Waals surface area contributed by atoms with Crippen LogP contribution in [0.3, 0.4) is 0 Å². The Labute approximate surface area is 151 Å². The van der Waals surface area contributed by atoms with Crippen LogP contribution in [0.2, 0.25) is 0 Å². The average molecular weight is 334 g/mol. The Balaban J connectivity index is 1.81. The topological polar surface area (TPSA) is 42.9 Å². The van der Waals surface area contributed by atoms with Gasteiger partial charge in [-0.25, -0.2) is 0 Å². The van der Waals surface area contributed by atoms with Crippen LogP contribution in [-0.2, 0) is 4.79 Å². The van der Waals surface area contributed by atoms with Gasteiger partial charge in [-0.2, -0.15) is 0 Å². The van der Waals surface area contributed by atoms with E-state index in [1.165, 1.54) is 0 Å². The van der Waals surface area contributed by atoms with E-state index in [1.807, 2.05) is 60.7 Å². The average Bonchev–Trinajstić information content (AvgIpc) is 3.08. The number of Topliss-reactive ketones (excluding diaryl/α,β-unsaturated/α-hetero) is 1. The first-order valence-electron chi connectivity index (χ1n) is 8.48. The van der Waals surface area contributed by atoms with E-state index in [-0.39, 0.29) is 5.78 Å². The molecule has 0 saturated carbocycles. The molecule has 0 radical (unpaired) electrons. The number of hydrogen-bond donors (Lipinski definition) is 0. The second kappa shape index (κ2) is 5.74. The first-order chi connectivity index (χ1) is 12.8. The molecule has 0 N–H and O–H groups in total. The SMILES string of the molecule is O=C1C2=Cc3ccccc3C2=CC(c2ccccn2)=C1c1ccccn1. The maximum absolute atomic E-state index is 13.4. The molecule has 0 saturated heterocycles. The largest absolute Gasteiger partial charge is 0.288 e. The van der Waals surface area contributed by atoms with Crippen LogP contribution in [0.15, 0.2) is 84.7 Å². The van der Waals surface area contributed by atoms with Crippen LogP contribution < -0.4 is 0 Å². The van der Waals surface area contributed by atoms with Crippen LogP contribution >= 0.6 is 0 Å². The third kappa shape index (κ3) is 2.18. The molecule has 3 aromatic rings. The Hall–Kier alpha value is -3.59. The molecule has 0 spiro atoms. The molecular weight excluding hydrogens is 320 g/mol. The van der Waals surface area contributed by atoms with Gasteiger partial charge in [0.05, 0.1) is 17.0 Å². The van der Waals surface area contributed by atoms with E-state index in [0.29, 0.717) is 11.3 Å². The first-order valence-corrected chi connectivity index (χ1v) is 8.48. The van der Waals surface area contributed by atoms with Gasteiger partial charge in [0, 0.05) is 23.5 Å². The van der Waals surface area contributed by atoms with Crippen molar-refractivity contribution in [2.75, 3.05) is 0 Å². The predicted octanol–water partition coefficient (Wildman–Crippen LogP) is 4.45. The number of allylic oxidation sites excluding steroid dienone is 5. The zero-order valence-electron chi connectivity index (χ0n) is 13.9. The summed E-state index contributed by atoms with van der Waals surface area (Å²) >= 11 is 0. The highest BCUT2D eigenvalue weighted by Crippen LogP contribution is 2.45. The molecule has 2 aromatic heterocycles. The van der Waals surface area contributed by atoms with E-state index in [1.54, 1.807) is 12.4 Å². The molecule has 3 nitrogen and oxygen atoms in total. The van der Waals surface area contributed by atoms with Crippen LogP contribution in [0.5, 0.6) is 0 Å². The van der Waals surface area contributed by atoms with Crippen molar-refractivity contribution in [1.82, 2.24) is 9.97 Å². The number of hydrogen-bond acceptors (Lipinski definition) is 3. The molecule has 2 aliphatic rings. The highest BCUT2D eigenvalue weighted by atomic mass is 16.1. The summed E-state index contributed by atoms with van der Waals surface area (Å²) in [6.45, 7) is 0. The van der Waals surface area contributed by atoms with Gasteiger partial charge < -0.3 is 0 Å². The van der Waals surface area contributed by atoms with Crippen LogP contribution in [0.1, 0.15) is 22.5 Å². The summed E-state index contributed by atoms with van der Waals surface area (Å²) in [4.78, 5) is 22.3. The van der Waals surface area contributed by atoms with E-state index >= 15 is 0 Å². The summed E-state index contributed by atoms with van der Waals surface area (Å²) in [6.07, 6.45) is 7.50. The number of rotatable bonds is 2. The Morgan fingerprint density at radius 1 is 0.654 bits per heavy atom. The summed E-state index contributed by atoms with van der Waals surface area (Å²) in [6, 6.07) is 19.4. The van der Waals surface area contributed by atoms with E-state index in [0.717, 1.165) is 33.5 Å². The van der Waals surface area contributed by atoms with Gasteiger partial charge in [-0.3, -0.25) is 14.8 Å². The van der Waals surface area contributed by atoms with Crippen molar-refractivity contribution >= 4 is 28.6 Å². The molecule has 0 aliphatic heterocycles. The van der Waals surface area contributed by atoms with Crippen molar-refractivity contribution in [1.29, 1.82) is 0 Å². The molecule has 5 rings (SSSR count). The fourth-order valence-corrected chi connectivity index (χ4v) is 3.55. The molecule has 0 fully saturated rings. The summed E-state index contributed by atoms with van der Waals surface area (Å²) < 4.78 is 0. The number of benzene rings is 1. The van der Waals surface area contributed by atoms with E-state index in [2.05, 4.69) is 22.1 Å². The summed E-state index contributed by atoms with van der Waals surface area (Å²) in [5.74, 6) is -0.00180. The van der Waals surface area contributed by atoms with Gasteiger partial charge in [-0.05, 0) is 53.1 Å². The van der Waals surface area contributed by atoms with Gasteiger partial charge in [-0.15, -0.1) is 0 Å². The smallest absolute Gasteiger partial charge is 0.196 e. The summed E-state index contributed by atoms with van der Waals surface area (Å²) in [5, 5.41) is 0. The van der Waals surface area contributed by atoms with E-state index < -0.39 is 0 Å². The van der Waals surface area contributed by atoms with E-state index in [4.69, 9.17) is 0 Å². The van der Waals surface area contributed by atoms with Crippen molar-refractivity contribution in [3.8, 4) is 0 Å². The van der Waals surface area contributed by atoms with Gasteiger partial charge in [-0.1, -0.05) is 36.4 Å². The van der Waals surface area contributed by atoms with Gasteiger partial charge in [0.25, 0.3) is 0 Å².